The van der Waals surface area contributed by atoms with Crippen LogP contribution in [0.2, 0.25) is 0 Å². The van der Waals surface area contributed by atoms with Crippen molar-refractivity contribution in [3.05, 3.63) is 24.8 Å². The van der Waals surface area contributed by atoms with E-state index in [1.807, 2.05) is 13.0 Å². The van der Waals surface area contributed by atoms with Crippen LogP contribution in [0.15, 0.2) is 24.8 Å². The summed E-state index contributed by atoms with van der Waals surface area (Å²) in [6.07, 6.45) is 17.0. The monoisotopic (exact) mass is 379 g/mol. The van der Waals surface area contributed by atoms with Gasteiger partial charge >= 0.3 is 0 Å². The van der Waals surface area contributed by atoms with Gasteiger partial charge in [0.25, 0.3) is 0 Å². The van der Waals surface area contributed by atoms with Crippen molar-refractivity contribution in [3.63, 3.8) is 0 Å². The third kappa shape index (κ3) is 11.5. The van der Waals surface area contributed by atoms with Gasteiger partial charge in [0.05, 0.1) is 20.1 Å². The number of nitrogens with two attached hydrogens (primary N) is 1. The SMILES string of the molecule is C=CC[N+](C)(CCCCCCCCCCCC)C(CCCN)C(=O)C(=C)C. The zero-order valence-corrected chi connectivity index (χ0v) is 18.6. The number of Topliss-reactive ketones (excluding diaryl/α,β-unsaturated/α-hetero) is 1. The van der Waals surface area contributed by atoms with E-state index in [1.165, 1.54) is 64.2 Å². The van der Waals surface area contributed by atoms with Crippen molar-refractivity contribution in [3.8, 4) is 0 Å². The highest BCUT2D eigenvalue weighted by molar-refractivity contribution is 5.97. The van der Waals surface area contributed by atoms with Gasteiger partial charge in [-0.25, -0.2) is 0 Å². The molecule has 0 aromatic rings. The maximum absolute atomic E-state index is 12.8. The third-order valence-electron chi connectivity index (χ3n) is 5.73. The molecule has 0 fully saturated rings. The second-order valence-electron chi connectivity index (χ2n) is 8.45. The first kappa shape index (κ1) is 26.1. The standard InChI is InChI=1S/C24H47N2O/c1-6-8-9-10-11-12-13-14-15-16-21-26(5,20-7-2)23(18-17-19-25)24(27)22(3)4/h7,23H,2-3,6,8-21,25H2,1,4-5H3/q+1. The normalized spacial score (nSPS) is 14.5. The molecule has 3 heteroatoms. The maximum atomic E-state index is 12.8. The lowest BCUT2D eigenvalue weighted by molar-refractivity contribution is -0.919. The molecule has 0 heterocycles. The van der Waals surface area contributed by atoms with Gasteiger partial charge in [0.1, 0.15) is 0 Å². The lowest BCUT2D eigenvalue weighted by atomic mass is 9.97. The van der Waals surface area contributed by atoms with Crippen LogP contribution in [-0.4, -0.2) is 43.0 Å². The Morgan fingerprint density at radius 3 is 1.96 bits per heavy atom. The smallest absolute Gasteiger partial charge is 0.215 e. The van der Waals surface area contributed by atoms with Gasteiger partial charge in [0, 0.05) is 6.42 Å². The molecular formula is C24H47N2O+. The summed E-state index contributed by atoms with van der Waals surface area (Å²) in [4.78, 5) is 12.8. The summed E-state index contributed by atoms with van der Waals surface area (Å²) in [7, 11) is 2.21. The fourth-order valence-electron chi connectivity index (χ4n) is 3.95. The molecule has 0 aromatic heterocycles. The van der Waals surface area contributed by atoms with Crippen LogP contribution < -0.4 is 5.73 Å². The van der Waals surface area contributed by atoms with Crippen molar-refractivity contribution in [2.45, 2.75) is 96.9 Å². The van der Waals surface area contributed by atoms with Crippen LogP contribution in [0, 0.1) is 0 Å². The number of hydrogen-bond donors (Lipinski definition) is 1. The summed E-state index contributed by atoms with van der Waals surface area (Å²) < 4.78 is 0.742. The predicted molar refractivity (Wildman–Crippen MR) is 120 cm³/mol. The van der Waals surface area contributed by atoms with Crippen LogP contribution in [0.4, 0.5) is 0 Å². The second-order valence-corrected chi connectivity index (χ2v) is 8.45. The van der Waals surface area contributed by atoms with Crippen molar-refractivity contribution in [2.75, 3.05) is 26.7 Å². The molecule has 0 amide bonds. The Hall–Kier alpha value is -0.930. The number of likely N-dealkylation sites (N-methyl/N-ethyl adjacent to an activating group) is 1. The quantitative estimate of drug-likeness (QED) is 0.133. The average molecular weight is 380 g/mol. The van der Waals surface area contributed by atoms with E-state index in [1.54, 1.807) is 0 Å². The molecule has 2 atom stereocenters. The molecule has 2 unspecified atom stereocenters. The lowest BCUT2D eigenvalue weighted by Gasteiger charge is -2.40. The van der Waals surface area contributed by atoms with E-state index in [0.717, 1.165) is 30.4 Å². The molecule has 3 nitrogen and oxygen atoms in total. The van der Waals surface area contributed by atoms with Crippen molar-refractivity contribution in [1.82, 2.24) is 0 Å². The van der Waals surface area contributed by atoms with E-state index in [2.05, 4.69) is 27.1 Å². The molecule has 0 radical (unpaired) electrons. The third-order valence-corrected chi connectivity index (χ3v) is 5.73. The minimum atomic E-state index is -0.0392. The first-order chi connectivity index (χ1) is 12.9. The molecule has 0 spiro atoms. The minimum absolute atomic E-state index is 0.0392. The first-order valence-electron chi connectivity index (χ1n) is 11.3. The summed E-state index contributed by atoms with van der Waals surface area (Å²) in [6, 6.07) is -0.0392. The zero-order valence-electron chi connectivity index (χ0n) is 18.6. The highest BCUT2D eigenvalue weighted by atomic mass is 16.1. The largest absolute Gasteiger partial charge is 0.330 e. The average Bonchev–Trinajstić information content (AvgIpc) is 2.63. The Morgan fingerprint density at radius 1 is 1.00 bits per heavy atom. The number of nitrogens with zero attached hydrogens (tertiary/aromatic N) is 1. The fourth-order valence-corrected chi connectivity index (χ4v) is 3.95. The highest BCUT2D eigenvalue weighted by Crippen LogP contribution is 2.21. The second kappa shape index (κ2) is 16.1. The topological polar surface area (TPSA) is 43.1 Å². The summed E-state index contributed by atoms with van der Waals surface area (Å²) in [6.45, 7) is 14.4. The van der Waals surface area contributed by atoms with Crippen molar-refractivity contribution in [2.24, 2.45) is 5.73 Å². The highest BCUT2D eigenvalue weighted by Gasteiger charge is 2.36. The molecule has 0 aliphatic carbocycles. The Kier molecular flexibility index (Phi) is 15.5. The molecule has 0 saturated heterocycles. The van der Waals surface area contributed by atoms with Crippen LogP contribution in [0.25, 0.3) is 0 Å². The van der Waals surface area contributed by atoms with Crippen molar-refractivity contribution in [1.29, 1.82) is 0 Å². The number of quaternary nitrogens is 1. The van der Waals surface area contributed by atoms with Gasteiger partial charge in [0.15, 0.2) is 6.04 Å². The summed E-state index contributed by atoms with van der Waals surface area (Å²) >= 11 is 0. The number of carbonyl (C=O) groups excluding carboxylic acids is 1. The van der Waals surface area contributed by atoms with Crippen molar-refractivity contribution < 1.29 is 9.28 Å². The molecule has 0 aromatic carbocycles. The van der Waals surface area contributed by atoms with Gasteiger partial charge in [-0.1, -0.05) is 71.4 Å². The number of hydrogen-bond acceptors (Lipinski definition) is 2. The molecule has 0 rings (SSSR count). The van der Waals surface area contributed by atoms with Crippen LogP contribution in [-0.2, 0) is 4.79 Å². The van der Waals surface area contributed by atoms with Gasteiger partial charge < -0.3 is 10.2 Å². The maximum Gasteiger partial charge on any atom is 0.215 e. The van der Waals surface area contributed by atoms with E-state index in [0.29, 0.717) is 12.1 Å². The first-order valence-corrected chi connectivity index (χ1v) is 11.3. The summed E-state index contributed by atoms with van der Waals surface area (Å²) in [5.74, 6) is 0.194. The van der Waals surface area contributed by atoms with Crippen molar-refractivity contribution >= 4 is 5.78 Å². The van der Waals surface area contributed by atoms with Gasteiger partial charge in [-0.3, -0.25) is 4.79 Å². The number of ketones is 1. The Labute approximate surface area is 169 Å². The van der Waals surface area contributed by atoms with Gasteiger partial charge in [-0.15, -0.1) is 0 Å². The van der Waals surface area contributed by atoms with E-state index < -0.39 is 0 Å². The molecule has 0 saturated carbocycles. The zero-order chi connectivity index (χ0) is 20.5. The van der Waals surface area contributed by atoms with Gasteiger partial charge in [-0.2, -0.15) is 0 Å². The van der Waals surface area contributed by atoms with E-state index >= 15 is 0 Å². The molecule has 0 aliphatic heterocycles. The van der Waals surface area contributed by atoms with E-state index in [4.69, 9.17) is 5.73 Å². The van der Waals surface area contributed by atoms with Crippen LogP contribution in [0.1, 0.15) is 90.9 Å². The van der Waals surface area contributed by atoms with Gasteiger partial charge in [0.2, 0.25) is 5.78 Å². The molecular weight excluding hydrogens is 332 g/mol. The van der Waals surface area contributed by atoms with Crippen LogP contribution in [0.5, 0.6) is 0 Å². The number of rotatable bonds is 19. The Balaban J connectivity index is 4.42. The summed E-state index contributed by atoms with van der Waals surface area (Å²) in [5.41, 5.74) is 6.38. The predicted octanol–water partition coefficient (Wildman–Crippen LogP) is 5.79. The molecule has 2 N–H and O–H groups in total. The Bertz CT molecular complexity index is 419. The van der Waals surface area contributed by atoms with Gasteiger partial charge in [-0.05, 0) is 44.4 Å². The molecule has 158 valence electrons. The number of unbranched alkanes of at least 4 members (excludes halogenated alkanes) is 9. The summed E-state index contributed by atoms with van der Waals surface area (Å²) in [5, 5.41) is 0. The minimum Gasteiger partial charge on any atom is -0.330 e. The Morgan fingerprint density at radius 2 is 1.52 bits per heavy atom. The van der Waals surface area contributed by atoms with E-state index in [9.17, 15) is 4.79 Å². The molecule has 27 heavy (non-hydrogen) atoms. The van der Waals surface area contributed by atoms with Crippen LogP contribution >= 0.6 is 0 Å². The van der Waals surface area contributed by atoms with Crippen LogP contribution in [0.3, 0.4) is 0 Å². The lowest BCUT2D eigenvalue weighted by Crippen LogP contribution is -2.56. The fraction of sp³-hybridized carbons (Fsp3) is 0.792. The van der Waals surface area contributed by atoms with E-state index in [-0.39, 0.29) is 11.8 Å². The molecule has 0 bridgehead atoms. The number of carbonyl (C=O) groups is 1. The molecule has 0 aliphatic rings.